The van der Waals surface area contributed by atoms with E-state index in [9.17, 15) is 5.11 Å². The summed E-state index contributed by atoms with van der Waals surface area (Å²) in [5.41, 5.74) is 0. The number of aliphatic hydroxyl groups is 1. The molecule has 0 spiro atoms. The predicted octanol–water partition coefficient (Wildman–Crippen LogP) is 1.22. The Hall–Kier alpha value is -0.120. The van der Waals surface area contributed by atoms with Crippen molar-refractivity contribution in [2.24, 2.45) is 0 Å². The summed E-state index contributed by atoms with van der Waals surface area (Å²) in [4.78, 5) is 2.44. The fourth-order valence-corrected chi connectivity index (χ4v) is 2.30. The third kappa shape index (κ3) is 4.49. The molecule has 0 amide bonds. The molecular formula is C12H26N2O. The summed E-state index contributed by atoms with van der Waals surface area (Å²) in [7, 11) is 0. The van der Waals surface area contributed by atoms with Gasteiger partial charge < -0.3 is 10.4 Å². The molecule has 1 aliphatic rings. The van der Waals surface area contributed by atoms with E-state index in [0.29, 0.717) is 18.6 Å². The third-order valence-corrected chi connectivity index (χ3v) is 3.18. The maximum atomic E-state index is 9.87. The van der Waals surface area contributed by atoms with Crippen molar-refractivity contribution >= 4 is 0 Å². The summed E-state index contributed by atoms with van der Waals surface area (Å²) in [5, 5.41) is 13.1. The van der Waals surface area contributed by atoms with Crippen LogP contribution in [0.3, 0.4) is 0 Å². The number of hydrogen-bond donors (Lipinski definition) is 2. The van der Waals surface area contributed by atoms with Crippen LogP contribution in [0.4, 0.5) is 0 Å². The van der Waals surface area contributed by atoms with Gasteiger partial charge in [-0.25, -0.2) is 0 Å². The molecule has 15 heavy (non-hydrogen) atoms. The monoisotopic (exact) mass is 214 g/mol. The Morgan fingerprint density at radius 3 is 2.80 bits per heavy atom. The van der Waals surface area contributed by atoms with Crippen LogP contribution in [0.1, 0.15) is 40.0 Å². The van der Waals surface area contributed by atoms with Crippen molar-refractivity contribution in [2.45, 2.75) is 58.2 Å². The molecule has 0 bridgehead atoms. The second-order valence-corrected chi connectivity index (χ2v) is 4.92. The van der Waals surface area contributed by atoms with Crippen LogP contribution in [-0.2, 0) is 0 Å². The molecule has 0 radical (unpaired) electrons. The van der Waals surface area contributed by atoms with E-state index in [1.54, 1.807) is 0 Å². The quantitative estimate of drug-likeness (QED) is 0.698. The van der Waals surface area contributed by atoms with Crippen LogP contribution in [0.25, 0.3) is 0 Å². The number of β-amino-alcohol motifs (C(OH)–C–C–N with tert-alkyl or cyclic N) is 1. The first-order chi connectivity index (χ1) is 7.13. The second kappa shape index (κ2) is 6.46. The summed E-state index contributed by atoms with van der Waals surface area (Å²) in [6.07, 6.45) is 3.59. The van der Waals surface area contributed by atoms with Gasteiger partial charge in [0.05, 0.1) is 6.10 Å². The lowest BCUT2D eigenvalue weighted by Gasteiger charge is -2.26. The van der Waals surface area contributed by atoms with Crippen molar-refractivity contribution in [1.82, 2.24) is 10.2 Å². The van der Waals surface area contributed by atoms with Crippen LogP contribution in [0.15, 0.2) is 0 Å². The first kappa shape index (κ1) is 12.9. The molecule has 90 valence electrons. The van der Waals surface area contributed by atoms with Crippen LogP contribution in [0.5, 0.6) is 0 Å². The summed E-state index contributed by atoms with van der Waals surface area (Å²) in [6.45, 7) is 9.16. The average Bonchev–Trinajstić information content (AvgIpc) is 2.62. The molecule has 0 saturated carbocycles. The minimum Gasteiger partial charge on any atom is -0.390 e. The van der Waals surface area contributed by atoms with Crippen molar-refractivity contribution in [1.29, 1.82) is 0 Å². The van der Waals surface area contributed by atoms with Crippen LogP contribution in [0, 0.1) is 0 Å². The largest absolute Gasteiger partial charge is 0.390 e. The Morgan fingerprint density at radius 1 is 1.47 bits per heavy atom. The first-order valence-corrected chi connectivity index (χ1v) is 6.29. The zero-order valence-corrected chi connectivity index (χ0v) is 10.4. The van der Waals surface area contributed by atoms with E-state index in [2.05, 4.69) is 31.0 Å². The van der Waals surface area contributed by atoms with E-state index in [1.807, 2.05) is 0 Å². The highest BCUT2D eigenvalue weighted by Gasteiger charge is 2.24. The molecule has 1 fully saturated rings. The molecule has 1 saturated heterocycles. The molecule has 0 aromatic rings. The summed E-state index contributed by atoms with van der Waals surface area (Å²) in [5.74, 6) is 0. The number of nitrogens with zero attached hydrogens (tertiary/aromatic N) is 1. The standard InChI is InChI=1S/C12H26N2O/c1-4-11-6-5-7-14(11)9-12(15)8-13-10(2)3/h10-13,15H,4-9H2,1-3H3. The molecule has 0 aromatic carbocycles. The number of aliphatic hydroxyl groups excluding tert-OH is 1. The number of likely N-dealkylation sites (tertiary alicyclic amines) is 1. The molecular weight excluding hydrogens is 188 g/mol. The van der Waals surface area contributed by atoms with Gasteiger partial charge in [0.15, 0.2) is 0 Å². The maximum Gasteiger partial charge on any atom is 0.0791 e. The maximum absolute atomic E-state index is 9.87. The minimum absolute atomic E-state index is 0.223. The lowest BCUT2D eigenvalue weighted by atomic mass is 10.1. The van der Waals surface area contributed by atoms with Gasteiger partial charge in [-0.15, -0.1) is 0 Å². The van der Waals surface area contributed by atoms with Gasteiger partial charge in [-0.05, 0) is 25.8 Å². The van der Waals surface area contributed by atoms with Crippen LogP contribution < -0.4 is 5.32 Å². The summed E-state index contributed by atoms with van der Waals surface area (Å²) < 4.78 is 0. The second-order valence-electron chi connectivity index (χ2n) is 4.92. The van der Waals surface area contributed by atoms with E-state index >= 15 is 0 Å². The van der Waals surface area contributed by atoms with Crippen molar-refractivity contribution in [3.8, 4) is 0 Å². The molecule has 2 unspecified atom stereocenters. The van der Waals surface area contributed by atoms with Gasteiger partial charge in [0.1, 0.15) is 0 Å². The predicted molar refractivity (Wildman–Crippen MR) is 64.0 cm³/mol. The van der Waals surface area contributed by atoms with Gasteiger partial charge in [-0.3, -0.25) is 4.90 Å². The lowest BCUT2D eigenvalue weighted by molar-refractivity contribution is 0.102. The van der Waals surface area contributed by atoms with Gasteiger partial charge in [-0.1, -0.05) is 20.8 Å². The van der Waals surface area contributed by atoms with E-state index in [4.69, 9.17) is 0 Å². The molecule has 0 aromatic heterocycles. The first-order valence-electron chi connectivity index (χ1n) is 6.29. The Labute approximate surface area is 93.9 Å². The van der Waals surface area contributed by atoms with Crippen molar-refractivity contribution in [2.75, 3.05) is 19.6 Å². The molecule has 1 aliphatic heterocycles. The molecule has 2 N–H and O–H groups in total. The zero-order chi connectivity index (χ0) is 11.3. The van der Waals surface area contributed by atoms with Gasteiger partial charge in [-0.2, -0.15) is 0 Å². The number of nitrogens with one attached hydrogen (secondary N) is 1. The van der Waals surface area contributed by atoms with Crippen molar-refractivity contribution < 1.29 is 5.11 Å². The fraction of sp³-hybridized carbons (Fsp3) is 1.00. The number of rotatable bonds is 6. The molecule has 3 heteroatoms. The molecule has 3 nitrogen and oxygen atoms in total. The van der Waals surface area contributed by atoms with E-state index in [-0.39, 0.29) is 6.10 Å². The Kier molecular flexibility index (Phi) is 5.58. The van der Waals surface area contributed by atoms with Crippen LogP contribution in [0.2, 0.25) is 0 Å². The van der Waals surface area contributed by atoms with Gasteiger partial charge in [0, 0.05) is 25.2 Å². The smallest absolute Gasteiger partial charge is 0.0791 e. The Bertz CT molecular complexity index is 173. The SMILES string of the molecule is CCC1CCCN1CC(O)CNC(C)C. The van der Waals surface area contributed by atoms with Crippen LogP contribution in [-0.4, -0.2) is 47.8 Å². The average molecular weight is 214 g/mol. The highest BCUT2D eigenvalue weighted by atomic mass is 16.3. The molecule has 1 heterocycles. The minimum atomic E-state index is -0.223. The normalized spacial score (nSPS) is 25.0. The summed E-state index contributed by atoms with van der Waals surface area (Å²) in [6, 6.07) is 1.17. The van der Waals surface area contributed by atoms with Gasteiger partial charge in [0.25, 0.3) is 0 Å². The van der Waals surface area contributed by atoms with Crippen molar-refractivity contribution in [3.63, 3.8) is 0 Å². The molecule has 0 aliphatic carbocycles. The molecule has 2 atom stereocenters. The van der Waals surface area contributed by atoms with E-state index in [1.165, 1.54) is 19.3 Å². The Morgan fingerprint density at radius 2 is 2.20 bits per heavy atom. The topological polar surface area (TPSA) is 35.5 Å². The van der Waals surface area contributed by atoms with E-state index in [0.717, 1.165) is 13.1 Å². The number of hydrogen-bond acceptors (Lipinski definition) is 3. The molecule has 1 rings (SSSR count). The van der Waals surface area contributed by atoms with Gasteiger partial charge in [0.2, 0.25) is 0 Å². The summed E-state index contributed by atoms with van der Waals surface area (Å²) >= 11 is 0. The van der Waals surface area contributed by atoms with Crippen LogP contribution >= 0.6 is 0 Å². The highest BCUT2D eigenvalue weighted by Crippen LogP contribution is 2.19. The lowest BCUT2D eigenvalue weighted by Crippen LogP contribution is -2.41. The van der Waals surface area contributed by atoms with E-state index < -0.39 is 0 Å². The third-order valence-electron chi connectivity index (χ3n) is 3.18. The Balaban J connectivity index is 2.21. The van der Waals surface area contributed by atoms with Crippen molar-refractivity contribution in [3.05, 3.63) is 0 Å². The van der Waals surface area contributed by atoms with Gasteiger partial charge >= 0.3 is 0 Å². The zero-order valence-electron chi connectivity index (χ0n) is 10.4. The fourth-order valence-electron chi connectivity index (χ4n) is 2.30. The highest BCUT2D eigenvalue weighted by molar-refractivity contribution is 4.80.